The number of benzene rings is 1. The monoisotopic (exact) mass is 337 g/mol. The molecule has 1 aliphatic rings. The fourth-order valence-electron chi connectivity index (χ4n) is 3.25. The quantitative estimate of drug-likeness (QED) is 0.766. The Balaban J connectivity index is 1.97. The molecule has 1 amide bonds. The highest BCUT2D eigenvalue weighted by atomic mass is 16.5. The Morgan fingerprint density at radius 3 is 2.76 bits per heavy atom. The minimum Gasteiger partial charge on any atom is -0.478 e. The van der Waals surface area contributed by atoms with Gasteiger partial charge in [-0.2, -0.15) is 0 Å². The van der Waals surface area contributed by atoms with E-state index in [9.17, 15) is 14.7 Å². The van der Waals surface area contributed by atoms with Gasteiger partial charge < -0.3 is 14.9 Å². The van der Waals surface area contributed by atoms with E-state index in [-0.39, 0.29) is 23.8 Å². The molecule has 0 saturated heterocycles. The van der Waals surface area contributed by atoms with E-state index in [1.807, 2.05) is 30.3 Å². The van der Waals surface area contributed by atoms with Crippen molar-refractivity contribution in [1.82, 2.24) is 9.72 Å². The molecule has 126 valence electrons. The second kappa shape index (κ2) is 5.62. The van der Waals surface area contributed by atoms with Gasteiger partial charge in [0.25, 0.3) is 0 Å². The molecule has 3 heterocycles. The molecule has 2 N–H and O–H groups in total. The van der Waals surface area contributed by atoms with Gasteiger partial charge in [-0.3, -0.25) is 9.36 Å². The standard InChI is InChI=1S/C18H15N3O4/c1-10-7-14(20-25-10)21-9-13(18(23)24)16-17(21)12(8-15(22)19-16)11-5-3-2-4-6-11/h2-7,9,12H,8H2,1H3,(H,19,22)(H,23,24). The van der Waals surface area contributed by atoms with Crippen LogP contribution < -0.4 is 5.32 Å². The van der Waals surface area contributed by atoms with Gasteiger partial charge in [-0.25, -0.2) is 4.79 Å². The Bertz CT molecular complexity index is 972. The molecule has 2 aromatic heterocycles. The lowest BCUT2D eigenvalue weighted by Crippen LogP contribution is -2.25. The van der Waals surface area contributed by atoms with Gasteiger partial charge in [0.1, 0.15) is 11.3 Å². The minimum atomic E-state index is -1.11. The molecule has 0 bridgehead atoms. The molecule has 1 unspecified atom stereocenters. The Kier molecular flexibility index (Phi) is 3.42. The van der Waals surface area contributed by atoms with Crippen LogP contribution >= 0.6 is 0 Å². The minimum absolute atomic E-state index is 0.0321. The fraction of sp³-hybridized carbons (Fsp3) is 0.167. The Labute approximate surface area is 142 Å². The van der Waals surface area contributed by atoms with Crippen LogP contribution in [0.5, 0.6) is 0 Å². The summed E-state index contributed by atoms with van der Waals surface area (Å²) in [4.78, 5) is 23.9. The number of carbonyl (C=O) groups excluding carboxylic acids is 1. The normalized spacial score (nSPS) is 16.4. The largest absolute Gasteiger partial charge is 0.478 e. The predicted octanol–water partition coefficient (Wildman–Crippen LogP) is 2.95. The summed E-state index contributed by atoms with van der Waals surface area (Å²) in [6.07, 6.45) is 1.71. The van der Waals surface area contributed by atoms with Crippen LogP contribution in [-0.2, 0) is 4.79 Å². The van der Waals surface area contributed by atoms with Crippen molar-refractivity contribution in [3.8, 4) is 5.82 Å². The molecular formula is C18H15N3O4. The summed E-state index contributed by atoms with van der Waals surface area (Å²) in [5.74, 6) is -0.485. The smallest absolute Gasteiger partial charge is 0.339 e. The number of aromatic nitrogens is 2. The summed E-state index contributed by atoms with van der Waals surface area (Å²) < 4.78 is 6.82. The fourth-order valence-corrected chi connectivity index (χ4v) is 3.25. The highest BCUT2D eigenvalue weighted by Gasteiger charge is 2.34. The molecule has 3 aromatic rings. The van der Waals surface area contributed by atoms with E-state index in [2.05, 4.69) is 10.5 Å². The summed E-state index contributed by atoms with van der Waals surface area (Å²) in [6.45, 7) is 1.76. The van der Waals surface area contributed by atoms with Crippen molar-refractivity contribution in [3.63, 3.8) is 0 Å². The highest BCUT2D eigenvalue weighted by Crippen LogP contribution is 2.41. The lowest BCUT2D eigenvalue weighted by Gasteiger charge is -2.25. The van der Waals surface area contributed by atoms with Gasteiger partial charge in [0.05, 0.1) is 11.4 Å². The van der Waals surface area contributed by atoms with Crippen LogP contribution in [0.15, 0.2) is 47.1 Å². The van der Waals surface area contributed by atoms with Crippen molar-refractivity contribution in [3.05, 3.63) is 65.2 Å². The first-order valence-electron chi connectivity index (χ1n) is 7.81. The van der Waals surface area contributed by atoms with E-state index < -0.39 is 5.97 Å². The Morgan fingerprint density at radius 2 is 2.12 bits per heavy atom. The van der Waals surface area contributed by atoms with Gasteiger partial charge in [-0.15, -0.1) is 0 Å². The van der Waals surface area contributed by atoms with Crippen LogP contribution in [0, 0.1) is 6.92 Å². The lowest BCUT2D eigenvalue weighted by atomic mass is 9.88. The zero-order valence-corrected chi connectivity index (χ0v) is 13.4. The first kappa shape index (κ1) is 15.2. The molecule has 0 saturated carbocycles. The summed E-state index contributed by atoms with van der Waals surface area (Å²) in [5, 5.41) is 16.2. The second-order valence-electron chi connectivity index (χ2n) is 5.99. The highest BCUT2D eigenvalue weighted by molar-refractivity contribution is 6.04. The number of carboxylic acids is 1. The third kappa shape index (κ3) is 2.50. The SMILES string of the molecule is Cc1cc(-n2cc(C(=O)O)c3c2C(c2ccccc2)CC(=O)N3)no1. The van der Waals surface area contributed by atoms with Gasteiger partial charge in [-0.1, -0.05) is 35.5 Å². The predicted molar refractivity (Wildman–Crippen MR) is 89.1 cm³/mol. The molecule has 7 nitrogen and oxygen atoms in total. The second-order valence-corrected chi connectivity index (χ2v) is 5.99. The molecule has 0 aliphatic carbocycles. The number of nitrogens with zero attached hydrogens (tertiary/aromatic N) is 2. The van der Waals surface area contributed by atoms with Crippen molar-refractivity contribution in [1.29, 1.82) is 0 Å². The molecule has 1 aromatic carbocycles. The molecule has 25 heavy (non-hydrogen) atoms. The number of amides is 1. The zero-order chi connectivity index (χ0) is 17.6. The van der Waals surface area contributed by atoms with Gasteiger partial charge in [0.15, 0.2) is 5.82 Å². The molecule has 0 radical (unpaired) electrons. The Hall–Kier alpha value is -3.35. The number of carbonyl (C=O) groups is 2. The first-order chi connectivity index (χ1) is 12.0. The van der Waals surface area contributed by atoms with Crippen molar-refractivity contribution in [2.75, 3.05) is 5.32 Å². The number of carboxylic acid groups (broad SMARTS) is 1. The average Bonchev–Trinajstić information content (AvgIpc) is 3.18. The van der Waals surface area contributed by atoms with E-state index in [1.165, 1.54) is 6.20 Å². The van der Waals surface area contributed by atoms with Crippen LogP contribution in [0.3, 0.4) is 0 Å². The number of hydrogen-bond acceptors (Lipinski definition) is 4. The van der Waals surface area contributed by atoms with Crippen LogP contribution in [0.25, 0.3) is 5.82 Å². The number of fused-ring (bicyclic) bond motifs is 1. The van der Waals surface area contributed by atoms with Gasteiger partial charge in [0, 0.05) is 24.6 Å². The third-order valence-corrected chi connectivity index (χ3v) is 4.32. The third-order valence-electron chi connectivity index (χ3n) is 4.32. The summed E-state index contributed by atoms with van der Waals surface area (Å²) >= 11 is 0. The van der Waals surface area contributed by atoms with Crippen molar-refractivity contribution >= 4 is 17.6 Å². The maximum Gasteiger partial charge on any atom is 0.339 e. The summed E-state index contributed by atoms with van der Waals surface area (Å²) in [5.41, 5.74) is 1.98. The molecule has 0 spiro atoms. The maximum atomic E-state index is 12.2. The molecule has 0 fully saturated rings. The van der Waals surface area contributed by atoms with E-state index >= 15 is 0 Å². The number of rotatable bonds is 3. The maximum absolute atomic E-state index is 12.2. The zero-order valence-electron chi connectivity index (χ0n) is 13.4. The summed E-state index contributed by atoms with van der Waals surface area (Å²) in [6, 6.07) is 11.3. The van der Waals surface area contributed by atoms with Crippen LogP contribution in [0.1, 0.15) is 39.7 Å². The summed E-state index contributed by atoms with van der Waals surface area (Å²) in [7, 11) is 0. The molecule has 7 heteroatoms. The average molecular weight is 337 g/mol. The van der Waals surface area contributed by atoms with Crippen molar-refractivity contribution in [2.45, 2.75) is 19.3 Å². The number of aromatic carboxylic acids is 1. The number of anilines is 1. The lowest BCUT2D eigenvalue weighted by molar-refractivity contribution is -0.116. The molecule has 4 rings (SSSR count). The van der Waals surface area contributed by atoms with Gasteiger partial charge in [-0.05, 0) is 12.5 Å². The van der Waals surface area contributed by atoms with Gasteiger partial charge in [0.2, 0.25) is 5.91 Å². The molecular weight excluding hydrogens is 322 g/mol. The van der Waals surface area contributed by atoms with E-state index in [1.54, 1.807) is 17.6 Å². The van der Waals surface area contributed by atoms with Crippen LogP contribution in [0.4, 0.5) is 5.69 Å². The van der Waals surface area contributed by atoms with Crippen LogP contribution in [0.2, 0.25) is 0 Å². The number of aryl methyl sites for hydroxylation is 1. The number of hydrogen-bond donors (Lipinski definition) is 2. The van der Waals surface area contributed by atoms with E-state index in [0.717, 1.165) is 5.56 Å². The topological polar surface area (TPSA) is 97.4 Å². The van der Waals surface area contributed by atoms with Crippen molar-refractivity contribution in [2.24, 2.45) is 0 Å². The molecule has 1 aliphatic heterocycles. The van der Waals surface area contributed by atoms with Gasteiger partial charge >= 0.3 is 5.97 Å². The van der Waals surface area contributed by atoms with Crippen LogP contribution in [-0.4, -0.2) is 26.7 Å². The molecule has 1 atom stereocenters. The van der Waals surface area contributed by atoms with E-state index in [0.29, 0.717) is 23.0 Å². The van der Waals surface area contributed by atoms with E-state index in [4.69, 9.17) is 4.52 Å². The number of nitrogens with one attached hydrogen (secondary N) is 1. The van der Waals surface area contributed by atoms with Crippen molar-refractivity contribution < 1.29 is 19.2 Å². The Morgan fingerprint density at radius 1 is 1.36 bits per heavy atom. The first-order valence-corrected chi connectivity index (χ1v) is 7.81.